The van der Waals surface area contributed by atoms with Gasteiger partial charge in [-0.1, -0.05) is 0 Å². The number of halogens is 8. The van der Waals surface area contributed by atoms with E-state index in [0.717, 1.165) is 17.5 Å². The molecule has 0 aliphatic heterocycles. The first-order chi connectivity index (χ1) is 23.1. The van der Waals surface area contributed by atoms with E-state index in [-0.39, 0.29) is 28.4 Å². The van der Waals surface area contributed by atoms with Crippen LogP contribution in [0.3, 0.4) is 0 Å². The maximum absolute atomic E-state index is 6.33. The molecule has 0 N–H and O–H groups in total. The summed E-state index contributed by atoms with van der Waals surface area (Å²) in [5.41, 5.74) is 8.99. The molecule has 2 aliphatic carbocycles. The molecule has 0 bridgehead atoms. The monoisotopic (exact) mass is 888 g/mol. The molecule has 9 heteroatoms. The van der Waals surface area contributed by atoms with E-state index in [9.17, 15) is 0 Å². The number of rotatable bonds is 4. The summed E-state index contributed by atoms with van der Waals surface area (Å²) in [5, 5.41) is 5.17. The van der Waals surface area contributed by atoms with Gasteiger partial charge in [-0.15, -0.1) is 0 Å². The van der Waals surface area contributed by atoms with E-state index >= 15 is 0 Å². The first-order valence-electron chi connectivity index (χ1n) is 15.6. The maximum atomic E-state index is 6.33. The van der Waals surface area contributed by atoms with Gasteiger partial charge in [-0.25, -0.2) is 0 Å². The van der Waals surface area contributed by atoms with Crippen molar-refractivity contribution in [2.75, 3.05) is 0 Å². The van der Waals surface area contributed by atoms with Crippen LogP contribution >= 0.6 is 69.6 Å². The summed E-state index contributed by atoms with van der Waals surface area (Å²) in [6, 6.07) is 42.9. The van der Waals surface area contributed by atoms with Gasteiger partial charge < -0.3 is 24.8 Å². The Morgan fingerprint density at radius 2 is 1.04 bits per heavy atom. The Kier molecular flexibility index (Phi) is 11.5. The van der Waals surface area contributed by atoms with Crippen molar-refractivity contribution >= 4 is 94.4 Å². The zero-order chi connectivity index (χ0) is 33.2. The van der Waals surface area contributed by atoms with Crippen LogP contribution in [0.1, 0.15) is 43.4 Å². The van der Waals surface area contributed by atoms with Gasteiger partial charge in [0.05, 0.1) is 0 Å². The second kappa shape index (κ2) is 15.0. The fourth-order valence-electron chi connectivity index (χ4n) is 7.46. The predicted octanol–water partition coefficient (Wildman–Crippen LogP) is 7.46. The van der Waals surface area contributed by atoms with Crippen LogP contribution in [-0.4, -0.2) is 3.21 Å². The van der Waals surface area contributed by atoms with Crippen molar-refractivity contribution in [2.45, 2.75) is 17.6 Å². The molecule has 6 aromatic carbocycles. The Morgan fingerprint density at radius 3 is 1.56 bits per heavy atom. The minimum atomic E-state index is -3.05. The van der Waals surface area contributed by atoms with Crippen molar-refractivity contribution in [3.63, 3.8) is 0 Å². The normalized spacial score (nSPS) is 14.7. The molecule has 1 unspecified atom stereocenters. The van der Waals surface area contributed by atoms with Gasteiger partial charge in [0.1, 0.15) is 0 Å². The molecule has 0 fully saturated rings. The van der Waals surface area contributed by atoms with Crippen LogP contribution < -0.4 is 24.8 Å². The van der Waals surface area contributed by atoms with Gasteiger partial charge in [0.25, 0.3) is 0 Å². The first kappa shape index (κ1) is 38.1. The first-order valence-corrected chi connectivity index (χ1v) is 21.7. The van der Waals surface area contributed by atoms with E-state index in [1.165, 1.54) is 50.3 Å². The minimum Gasteiger partial charge on any atom is -1.00 e. The molecular formula is C41H26Cl8Zr. The molecular weight excluding hydrogens is 867 g/mol. The molecule has 1 atom stereocenters. The largest absolute Gasteiger partial charge is 1.00 e. The minimum absolute atomic E-state index is 0. The quantitative estimate of drug-likeness (QED) is 0.128. The van der Waals surface area contributed by atoms with Crippen molar-refractivity contribution in [3.05, 3.63) is 176 Å². The smallest absolute Gasteiger partial charge is 1.00 e. The SMILES string of the molecule is ClC(Cl)(Cl)c1ccc([C](c2ccc(C(Cl)(Cl)Cl)cc2)=[Zr+2]([C]2=CC=CC2)[CH]2c3ccccc3-c3c2c2ccccc2c2ccccc32)cc1.[Cl-].[Cl-]. The molecule has 0 amide bonds. The molecule has 250 valence electrons. The van der Waals surface area contributed by atoms with Crippen LogP contribution in [0.4, 0.5) is 0 Å². The molecule has 50 heavy (non-hydrogen) atoms. The summed E-state index contributed by atoms with van der Waals surface area (Å²) in [6.45, 7) is 0. The Bertz CT molecular complexity index is 2270. The van der Waals surface area contributed by atoms with Crippen LogP contribution in [0.15, 0.2) is 143 Å². The van der Waals surface area contributed by atoms with Crippen LogP contribution in [0.5, 0.6) is 0 Å². The molecule has 0 radical (unpaired) electrons. The van der Waals surface area contributed by atoms with E-state index in [2.05, 4.69) is 115 Å². The molecule has 8 rings (SSSR count). The number of hydrogen-bond acceptors (Lipinski definition) is 0. The second-order valence-corrected chi connectivity index (χ2v) is 23.0. The van der Waals surface area contributed by atoms with Crippen molar-refractivity contribution in [1.82, 2.24) is 0 Å². The zero-order valence-corrected chi connectivity index (χ0v) is 34.6. The molecule has 0 spiro atoms. The summed E-state index contributed by atoms with van der Waals surface area (Å²) < 4.78 is 0.0354. The van der Waals surface area contributed by atoms with Crippen LogP contribution in [-0.2, 0) is 28.9 Å². The van der Waals surface area contributed by atoms with E-state index < -0.39 is 28.9 Å². The van der Waals surface area contributed by atoms with E-state index in [1.807, 2.05) is 24.3 Å². The Labute approximate surface area is 342 Å². The summed E-state index contributed by atoms with van der Waals surface area (Å²) in [7, 11) is 0. The zero-order valence-electron chi connectivity index (χ0n) is 26.1. The summed E-state index contributed by atoms with van der Waals surface area (Å²) in [4.78, 5) is 0. The van der Waals surface area contributed by atoms with Crippen LogP contribution in [0.2, 0.25) is 0 Å². The number of fused-ring (bicyclic) bond motifs is 8. The van der Waals surface area contributed by atoms with Gasteiger partial charge >= 0.3 is 321 Å². The van der Waals surface area contributed by atoms with Crippen LogP contribution in [0.25, 0.3) is 32.7 Å². The van der Waals surface area contributed by atoms with Gasteiger partial charge in [-0.05, 0) is 0 Å². The summed E-state index contributed by atoms with van der Waals surface area (Å²) in [5.74, 6) is 0. The third kappa shape index (κ3) is 6.82. The summed E-state index contributed by atoms with van der Waals surface area (Å²) in [6.07, 6.45) is 7.79. The molecule has 0 heterocycles. The molecule has 6 aromatic rings. The molecule has 0 nitrogen and oxygen atoms in total. The van der Waals surface area contributed by atoms with Crippen molar-refractivity contribution in [2.24, 2.45) is 0 Å². The predicted molar refractivity (Wildman–Crippen MR) is 205 cm³/mol. The fraction of sp³-hybridized carbons (Fsp3) is 0.0976. The molecule has 0 saturated heterocycles. The van der Waals surface area contributed by atoms with E-state index in [0.29, 0.717) is 11.1 Å². The van der Waals surface area contributed by atoms with E-state index in [1.54, 1.807) is 0 Å². The second-order valence-electron chi connectivity index (χ2n) is 12.2. The Morgan fingerprint density at radius 1 is 0.560 bits per heavy atom. The number of hydrogen-bond donors (Lipinski definition) is 0. The van der Waals surface area contributed by atoms with Gasteiger partial charge in [0.15, 0.2) is 0 Å². The van der Waals surface area contributed by atoms with Gasteiger partial charge in [0.2, 0.25) is 0 Å². The molecule has 0 aromatic heterocycles. The van der Waals surface area contributed by atoms with Crippen molar-refractivity contribution in [1.29, 1.82) is 0 Å². The Hall–Kier alpha value is -1.61. The third-order valence-corrected chi connectivity index (χ3v) is 19.0. The van der Waals surface area contributed by atoms with Gasteiger partial charge in [0, 0.05) is 0 Å². The standard InChI is InChI=1S/C21H13.C15H8Cl6.C5H5.2ClH.Zr/c1-2-8-15-14(7-1)13-20-18-11-4-3-9-16(18)17-10-5-6-12-19(17)21(15)20;16-14(17,18)12-5-1-10(2-6-12)9-11-3-7-13(8-4-11)15(19,20)21;1-2-4-5-3-1;;;/h1-13H;1-8H;1-3H,4H2;2*1H;/q;;;;;+2/p-2. The fourth-order valence-corrected chi connectivity index (χ4v) is 17.3. The molecule has 0 saturated carbocycles. The summed E-state index contributed by atoms with van der Waals surface area (Å²) >= 11 is 35.0. The third-order valence-electron chi connectivity index (χ3n) is 9.48. The number of benzene rings is 6. The van der Waals surface area contributed by atoms with Gasteiger partial charge in [-0.2, -0.15) is 0 Å². The average molecular weight is 894 g/mol. The van der Waals surface area contributed by atoms with Crippen LogP contribution in [0, 0.1) is 0 Å². The molecule has 2 aliphatic rings. The van der Waals surface area contributed by atoms with Crippen molar-refractivity contribution in [3.8, 4) is 11.1 Å². The Balaban J connectivity index is 0.00000216. The average Bonchev–Trinajstić information content (AvgIpc) is 3.74. The van der Waals surface area contributed by atoms with Crippen molar-refractivity contribution < 1.29 is 46.1 Å². The number of allylic oxidation sites excluding steroid dienone is 4. The van der Waals surface area contributed by atoms with E-state index in [4.69, 9.17) is 69.6 Å². The topological polar surface area (TPSA) is 0 Å². The number of alkyl halides is 6. The van der Waals surface area contributed by atoms with Gasteiger partial charge in [-0.3, -0.25) is 0 Å². The maximum Gasteiger partial charge on any atom is -1.00 e.